The largest absolute Gasteiger partial charge is 0.452 e. The Labute approximate surface area is 187 Å². The first kappa shape index (κ1) is 24.9. The summed E-state index contributed by atoms with van der Waals surface area (Å²) in [6, 6.07) is 10.0. The normalized spacial score (nSPS) is 11.0. The van der Waals surface area contributed by atoms with Gasteiger partial charge in [-0.15, -0.1) is 0 Å². The minimum absolute atomic E-state index is 0.122. The minimum atomic E-state index is -3.80. The van der Waals surface area contributed by atoms with Crippen LogP contribution in [0.4, 0.5) is 10.5 Å². The zero-order valence-electron chi connectivity index (χ0n) is 18.4. The van der Waals surface area contributed by atoms with E-state index in [9.17, 15) is 22.8 Å². The molecule has 2 aromatic carbocycles. The molecule has 3 N–H and O–H groups in total. The van der Waals surface area contributed by atoms with Crippen molar-refractivity contribution in [2.24, 2.45) is 5.92 Å². The zero-order valence-corrected chi connectivity index (χ0v) is 19.2. The summed E-state index contributed by atoms with van der Waals surface area (Å²) in [6.45, 7) is 7.09. The number of nitrogens with one attached hydrogen (secondary N) is 3. The molecule has 2 rings (SSSR count). The SMILES string of the molecule is Cc1ccc(C)c(S(=O)(=O)Nc2ccc(C(=O)OCC(=O)NC(=O)NCC(C)C)cc2)c1. The Morgan fingerprint density at radius 2 is 1.66 bits per heavy atom. The topological polar surface area (TPSA) is 131 Å². The van der Waals surface area contributed by atoms with Gasteiger partial charge >= 0.3 is 12.0 Å². The molecule has 0 saturated heterocycles. The van der Waals surface area contributed by atoms with E-state index in [1.165, 1.54) is 24.3 Å². The van der Waals surface area contributed by atoms with Gasteiger partial charge in [-0.25, -0.2) is 18.0 Å². The van der Waals surface area contributed by atoms with Gasteiger partial charge in [0.15, 0.2) is 6.61 Å². The lowest BCUT2D eigenvalue weighted by Crippen LogP contribution is -2.42. The van der Waals surface area contributed by atoms with Crippen LogP contribution in [0.2, 0.25) is 0 Å². The highest BCUT2D eigenvalue weighted by Crippen LogP contribution is 2.21. The van der Waals surface area contributed by atoms with Crippen molar-refractivity contribution in [3.05, 3.63) is 59.2 Å². The average molecular weight is 462 g/mol. The average Bonchev–Trinajstić information content (AvgIpc) is 2.72. The van der Waals surface area contributed by atoms with Crippen molar-refractivity contribution in [1.29, 1.82) is 0 Å². The van der Waals surface area contributed by atoms with Crippen LogP contribution in [0.15, 0.2) is 47.4 Å². The van der Waals surface area contributed by atoms with Gasteiger partial charge in [0.2, 0.25) is 0 Å². The fourth-order valence-corrected chi connectivity index (χ4v) is 3.99. The summed E-state index contributed by atoms with van der Waals surface area (Å²) in [4.78, 5) is 35.5. The van der Waals surface area contributed by atoms with Gasteiger partial charge in [-0.05, 0) is 61.2 Å². The monoisotopic (exact) mass is 461 g/mol. The predicted octanol–water partition coefficient (Wildman–Crippen LogP) is 2.74. The highest BCUT2D eigenvalue weighted by Gasteiger charge is 2.18. The van der Waals surface area contributed by atoms with Crippen LogP contribution in [0.1, 0.15) is 35.3 Å². The van der Waals surface area contributed by atoms with E-state index >= 15 is 0 Å². The number of amides is 3. The van der Waals surface area contributed by atoms with E-state index < -0.39 is 34.5 Å². The van der Waals surface area contributed by atoms with Crippen LogP contribution >= 0.6 is 0 Å². The number of hydrogen-bond donors (Lipinski definition) is 3. The van der Waals surface area contributed by atoms with Gasteiger partial charge in [0, 0.05) is 12.2 Å². The Morgan fingerprint density at radius 3 is 2.28 bits per heavy atom. The maximum absolute atomic E-state index is 12.7. The van der Waals surface area contributed by atoms with Gasteiger partial charge in [-0.1, -0.05) is 26.0 Å². The molecule has 0 aliphatic heterocycles. The maximum atomic E-state index is 12.7. The number of carbonyl (C=O) groups is 3. The number of rotatable bonds is 8. The van der Waals surface area contributed by atoms with E-state index in [1.54, 1.807) is 26.0 Å². The van der Waals surface area contributed by atoms with Crippen LogP contribution in [-0.4, -0.2) is 39.5 Å². The summed E-state index contributed by atoms with van der Waals surface area (Å²) in [6.07, 6.45) is 0. The fourth-order valence-electron chi connectivity index (χ4n) is 2.60. The lowest BCUT2D eigenvalue weighted by molar-refractivity contribution is -0.123. The number of anilines is 1. The maximum Gasteiger partial charge on any atom is 0.338 e. The standard InChI is InChI=1S/C22H27N3O6S/c1-14(2)12-23-22(28)24-20(26)13-31-21(27)17-7-9-18(10-8-17)25-32(29,30)19-11-15(3)5-6-16(19)4/h5-11,14,25H,12-13H2,1-4H3,(H2,23,24,26,28). The second-order valence-corrected chi connectivity index (χ2v) is 9.33. The van der Waals surface area contributed by atoms with E-state index in [4.69, 9.17) is 4.74 Å². The second kappa shape index (κ2) is 10.8. The lowest BCUT2D eigenvalue weighted by Gasteiger charge is -2.12. The molecule has 0 radical (unpaired) electrons. The van der Waals surface area contributed by atoms with E-state index in [2.05, 4.69) is 15.4 Å². The molecule has 0 fully saturated rings. The van der Waals surface area contributed by atoms with Gasteiger partial charge in [0.1, 0.15) is 0 Å². The fraction of sp³-hybridized carbons (Fsp3) is 0.318. The lowest BCUT2D eigenvalue weighted by atomic mass is 10.2. The molecule has 0 spiro atoms. The molecule has 9 nitrogen and oxygen atoms in total. The number of hydrogen-bond acceptors (Lipinski definition) is 6. The van der Waals surface area contributed by atoms with Gasteiger partial charge in [-0.2, -0.15) is 0 Å². The molecule has 10 heteroatoms. The zero-order chi connectivity index (χ0) is 23.9. The Kier molecular flexibility index (Phi) is 8.36. The van der Waals surface area contributed by atoms with E-state index in [0.717, 1.165) is 5.56 Å². The van der Waals surface area contributed by atoms with Crippen molar-refractivity contribution in [2.45, 2.75) is 32.6 Å². The Bertz CT molecular complexity index is 1100. The van der Waals surface area contributed by atoms with E-state index in [0.29, 0.717) is 12.1 Å². The van der Waals surface area contributed by atoms with E-state index in [1.807, 2.05) is 19.9 Å². The first-order chi connectivity index (χ1) is 15.0. The molecule has 0 aliphatic rings. The molecule has 0 saturated carbocycles. The minimum Gasteiger partial charge on any atom is -0.452 e. The van der Waals surface area contributed by atoms with Crippen molar-refractivity contribution in [2.75, 3.05) is 17.9 Å². The number of imide groups is 1. The molecular formula is C22H27N3O6S. The summed E-state index contributed by atoms with van der Waals surface area (Å²) in [5, 5.41) is 4.57. The highest BCUT2D eigenvalue weighted by atomic mass is 32.2. The van der Waals surface area contributed by atoms with Crippen LogP contribution in [0, 0.1) is 19.8 Å². The van der Waals surface area contributed by atoms with Crippen LogP contribution in [0.25, 0.3) is 0 Å². The quantitative estimate of drug-likeness (QED) is 0.518. The smallest absolute Gasteiger partial charge is 0.338 e. The Hall–Kier alpha value is -3.40. The van der Waals surface area contributed by atoms with Crippen molar-refractivity contribution in [3.63, 3.8) is 0 Å². The molecule has 0 heterocycles. The van der Waals surface area contributed by atoms with Gasteiger partial charge in [0.05, 0.1) is 10.5 Å². The summed E-state index contributed by atoms with van der Waals surface area (Å²) in [5.41, 5.74) is 1.81. The molecule has 0 atom stereocenters. The third-order valence-electron chi connectivity index (χ3n) is 4.26. The first-order valence-corrected chi connectivity index (χ1v) is 11.4. The second-order valence-electron chi connectivity index (χ2n) is 7.68. The third kappa shape index (κ3) is 7.38. The molecule has 0 aromatic heterocycles. The van der Waals surface area contributed by atoms with Crippen LogP contribution in [0.5, 0.6) is 0 Å². The van der Waals surface area contributed by atoms with Gasteiger partial charge < -0.3 is 10.1 Å². The predicted molar refractivity (Wildman–Crippen MR) is 120 cm³/mol. The van der Waals surface area contributed by atoms with Crippen molar-refractivity contribution < 1.29 is 27.5 Å². The summed E-state index contributed by atoms with van der Waals surface area (Å²) >= 11 is 0. The molecule has 0 unspecified atom stereocenters. The number of sulfonamides is 1. The Morgan fingerprint density at radius 1 is 1.00 bits per heavy atom. The van der Waals surface area contributed by atoms with Crippen LogP contribution in [0.3, 0.4) is 0 Å². The molecular weight excluding hydrogens is 434 g/mol. The summed E-state index contributed by atoms with van der Waals surface area (Å²) < 4.78 is 32.7. The van der Waals surface area contributed by atoms with Crippen molar-refractivity contribution >= 4 is 33.6 Å². The van der Waals surface area contributed by atoms with Crippen molar-refractivity contribution in [3.8, 4) is 0 Å². The number of ether oxygens (including phenoxy) is 1. The van der Waals surface area contributed by atoms with Crippen LogP contribution < -0.4 is 15.4 Å². The molecule has 0 bridgehead atoms. The number of benzene rings is 2. The number of urea groups is 1. The molecule has 32 heavy (non-hydrogen) atoms. The van der Waals surface area contributed by atoms with Crippen LogP contribution in [-0.2, 0) is 19.6 Å². The third-order valence-corrected chi connectivity index (χ3v) is 5.79. The highest BCUT2D eigenvalue weighted by molar-refractivity contribution is 7.92. The molecule has 172 valence electrons. The van der Waals surface area contributed by atoms with Gasteiger partial charge in [0.25, 0.3) is 15.9 Å². The first-order valence-electron chi connectivity index (χ1n) is 9.93. The Balaban J connectivity index is 1.93. The number of carbonyl (C=O) groups excluding carboxylic acids is 3. The van der Waals surface area contributed by atoms with E-state index in [-0.39, 0.29) is 22.1 Å². The number of esters is 1. The molecule has 2 aromatic rings. The van der Waals surface area contributed by atoms with Gasteiger partial charge in [-0.3, -0.25) is 14.8 Å². The summed E-state index contributed by atoms with van der Waals surface area (Å²) in [5.74, 6) is -1.33. The molecule has 0 aliphatic carbocycles. The molecule has 3 amide bonds. The number of aryl methyl sites for hydroxylation is 2. The summed E-state index contributed by atoms with van der Waals surface area (Å²) in [7, 11) is -3.80. The van der Waals surface area contributed by atoms with Crippen molar-refractivity contribution in [1.82, 2.24) is 10.6 Å².